The fourth-order valence-corrected chi connectivity index (χ4v) is 2.73. The van der Waals surface area contributed by atoms with E-state index in [2.05, 4.69) is 17.6 Å². The summed E-state index contributed by atoms with van der Waals surface area (Å²) in [6.07, 6.45) is 1.12. The minimum absolute atomic E-state index is 0.0315. The van der Waals surface area contributed by atoms with Gasteiger partial charge in [0.15, 0.2) is 0 Å². The summed E-state index contributed by atoms with van der Waals surface area (Å²) in [5.41, 5.74) is 2.01. The minimum Gasteiger partial charge on any atom is -0.352 e. The summed E-state index contributed by atoms with van der Waals surface area (Å²) in [4.78, 5) is 37.6. The average molecular weight is 331 g/mol. The molecule has 130 valence electrons. The molecule has 6 nitrogen and oxygen atoms in total. The van der Waals surface area contributed by atoms with Crippen molar-refractivity contribution in [3.05, 3.63) is 29.8 Å². The fourth-order valence-electron chi connectivity index (χ4n) is 2.73. The van der Waals surface area contributed by atoms with Crippen LogP contribution in [0.25, 0.3) is 0 Å². The van der Waals surface area contributed by atoms with Gasteiger partial charge in [0.25, 0.3) is 0 Å². The van der Waals surface area contributed by atoms with Crippen molar-refractivity contribution < 1.29 is 14.4 Å². The van der Waals surface area contributed by atoms with Gasteiger partial charge < -0.3 is 15.5 Å². The van der Waals surface area contributed by atoms with Crippen LogP contribution >= 0.6 is 0 Å². The van der Waals surface area contributed by atoms with Crippen molar-refractivity contribution in [2.45, 2.75) is 39.7 Å². The first-order chi connectivity index (χ1) is 11.4. The predicted octanol–water partition coefficient (Wildman–Crippen LogP) is 1.24. The molecule has 2 rings (SSSR count). The van der Waals surface area contributed by atoms with E-state index >= 15 is 0 Å². The first-order valence-electron chi connectivity index (χ1n) is 8.37. The van der Waals surface area contributed by atoms with Crippen molar-refractivity contribution >= 4 is 23.4 Å². The second kappa shape index (κ2) is 7.95. The number of anilines is 1. The fraction of sp³-hybridized carbons (Fsp3) is 0.500. The van der Waals surface area contributed by atoms with E-state index in [0.29, 0.717) is 6.54 Å². The number of hydrogen-bond donors (Lipinski definition) is 2. The molecular weight excluding hydrogens is 306 g/mol. The molecule has 0 aliphatic carbocycles. The van der Waals surface area contributed by atoms with Crippen LogP contribution in [0.1, 0.15) is 32.8 Å². The number of hydrogen-bond acceptors (Lipinski definition) is 3. The van der Waals surface area contributed by atoms with Crippen LogP contribution in [-0.2, 0) is 20.8 Å². The molecule has 1 aliphatic rings. The Bertz CT molecular complexity index is 610. The summed E-state index contributed by atoms with van der Waals surface area (Å²) < 4.78 is 0. The Kier molecular flexibility index (Phi) is 5.95. The largest absolute Gasteiger partial charge is 0.352 e. The number of carbonyl (C=O) groups excluding carboxylic acids is 3. The van der Waals surface area contributed by atoms with Gasteiger partial charge in [0, 0.05) is 24.7 Å². The third-order valence-corrected chi connectivity index (χ3v) is 4.02. The van der Waals surface area contributed by atoms with Gasteiger partial charge in [-0.25, -0.2) is 0 Å². The first-order valence-corrected chi connectivity index (χ1v) is 8.37. The molecule has 6 heteroatoms. The van der Waals surface area contributed by atoms with E-state index in [1.165, 1.54) is 5.56 Å². The Morgan fingerprint density at radius 3 is 2.50 bits per heavy atom. The Hall–Kier alpha value is -2.37. The van der Waals surface area contributed by atoms with E-state index in [1.54, 1.807) is 4.90 Å². The molecule has 0 bridgehead atoms. The van der Waals surface area contributed by atoms with Crippen LogP contribution in [0.4, 0.5) is 5.69 Å². The smallest absolute Gasteiger partial charge is 0.239 e. The van der Waals surface area contributed by atoms with E-state index in [4.69, 9.17) is 0 Å². The van der Waals surface area contributed by atoms with Crippen molar-refractivity contribution in [3.8, 4) is 0 Å². The molecular formula is C18H25N3O3. The van der Waals surface area contributed by atoms with Gasteiger partial charge in [-0.2, -0.15) is 0 Å². The van der Waals surface area contributed by atoms with Crippen LogP contribution in [0, 0.1) is 5.92 Å². The molecule has 1 saturated heterocycles. The summed E-state index contributed by atoms with van der Waals surface area (Å²) in [6, 6.07) is 7.84. The summed E-state index contributed by atoms with van der Waals surface area (Å²) >= 11 is 0. The number of nitrogens with one attached hydrogen (secondary N) is 2. The molecule has 0 saturated carbocycles. The standard InChI is InChI=1S/C18H25N3O3/c1-4-13-5-7-15(8-6-13)21-11-14(9-17(21)23)18(24)19-10-16(22)20-12(2)3/h5-8,12,14H,4,9-11H2,1-3H3,(H,19,24)(H,20,22). The van der Waals surface area contributed by atoms with Crippen LogP contribution in [0.3, 0.4) is 0 Å². The zero-order valence-electron chi connectivity index (χ0n) is 14.5. The highest BCUT2D eigenvalue weighted by molar-refractivity contribution is 6.00. The van der Waals surface area contributed by atoms with Crippen molar-refractivity contribution in [3.63, 3.8) is 0 Å². The number of amides is 3. The van der Waals surface area contributed by atoms with Crippen LogP contribution in [0.2, 0.25) is 0 Å². The Morgan fingerprint density at radius 2 is 1.92 bits per heavy atom. The van der Waals surface area contributed by atoms with Crippen LogP contribution in [0.15, 0.2) is 24.3 Å². The highest BCUT2D eigenvalue weighted by Crippen LogP contribution is 2.25. The van der Waals surface area contributed by atoms with E-state index < -0.39 is 5.92 Å². The molecule has 0 aromatic heterocycles. The molecule has 1 aliphatic heterocycles. The monoisotopic (exact) mass is 331 g/mol. The zero-order valence-corrected chi connectivity index (χ0v) is 14.5. The first kappa shape index (κ1) is 18.0. The summed E-state index contributed by atoms with van der Waals surface area (Å²) in [7, 11) is 0. The lowest BCUT2D eigenvalue weighted by molar-refractivity contribution is -0.129. The van der Waals surface area contributed by atoms with Gasteiger partial charge in [0.05, 0.1) is 12.5 Å². The summed E-state index contributed by atoms with van der Waals surface area (Å²) in [5, 5.41) is 5.32. The Balaban J connectivity index is 1.91. The molecule has 3 amide bonds. The Labute approximate surface area is 142 Å². The molecule has 1 heterocycles. The second-order valence-electron chi connectivity index (χ2n) is 6.37. The van der Waals surface area contributed by atoms with Gasteiger partial charge in [0.1, 0.15) is 0 Å². The number of benzene rings is 1. The van der Waals surface area contributed by atoms with E-state index in [1.807, 2.05) is 38.1 Å². The van der Waals surface area contributed by atoms with Crippen LogP contribution < -0.4 is 15.5 Å². The minimum atomic E-state index is -0.421. The number of carbonyl (C=O) groups is 3. The van der Waals surface area contributed by atoms with Gasteiger partial charge in [-0.3, -0.25) is 14.4 Å². The SMILES string of the molecule is CCc1ccc(N2CC(C(=O)NCC(=O)NC(C)C)CC2=O)cc1. The van der Waals surface area contributed by atoms with Crippen molar-refractivity contribution in [2.24, 2.45) is 5.92 Å². The lowest BCUT2D eigenvalue weighted by Crippen LogP contribution is -2.42. The van der Waals surface area contributed by atoms with Crippen molar-refractivity contribution in [1.82, 2.24) is 10.6 Å². The molecule has 1 aromatic rings. The van der Waals surface area contributed by atoms with Crippen LogP contribution in [0.5, 0.6) is 0 Å². The lowest BCUT2D eigenvalue weighted by Gasteiger charge is -2.17. The third kappa shape index (κ3) is 4.57. The molecule has 1 aromatic carbocycles. The number of aryl methyl sites for hydroxylation is 1. The highest BCUT2D eigenvalue weighted by Gasteiger charge is 2.35. The van der Waals surface area contributed by atoms with Crippen LogP contribution in [-0.4, -0.2) is 36.9 Å². The lowest BCUT2D eigenvalue weighted by atomic mass is 10.1. The summed E-state index contributed by atoms with van der Waals surface area (Å²) in [6.45, 7) is 6.08. The molecule has 0 radical (unpaired) electrons. The van der Waals surface area contributed by atoms with E-state index in [0.717, 1.165) is 12.1 Å². The number of nitrogens with zero attached hydrogens (tertiary/aromatic N) is 1. The zero-order chi connectivity index (χ0) is 17.7. The maximum Gasteiger partial charge on any atom is 0.239 e. The van der Waals surface area contributed by atoms with Gasteiger partial charge >= 0.3 is 0 Å². The number of rotatable bonds is 6. The molecule has 24 heavy (non-hydrogen) atoms. The quantitative estimate of drug-likeness (QED) is 0.823. The maximum atomic E-state index is 12.2. The Morgan fingerprint density at radius 1 is 1.25 bits per heavy atom. The van der Waals surface area contributed by atoms with Crippen molar-refractivity contribution in [2.75, 3.05) is 18.0 Å². The van der Waals surface area contributed by atoms with Gasteiger partial charge in [0.2, 0.25) is 17.7 Å². The predicted molar refractivity (Wildman–Crippen MR) is 92.6 cm³/mol. The van der Waals surface area contributed by atoms with Gasteiger partial charge in [-0.15, -0.1) is 0 Å². The summed E-state index contributed by atoms with van der Waals surface area (Å²) in [5.74, 6) is -0.967. The molecule has 2 N–H and O–H groups in total. The molecule has 0 spiro atoms. The van der Waals surface area contributed by atoms with Gasteiger partial charge in [-0.1, -0.05) is 19.1 Å². The van der Waals surface area contributed by atoms with E-state index in [9.17, 15) is 14.4 Å². The molecule has 1 unspecified atom stereocenters. The average Bonchev–Trinajstić information content (AvgIpc) is 2.94. The van der Waals surface area contributed by atoms with Gasteiger partial charge in [-0.05, 0) is 38.0 Å². The maximum absolute atomic E-state index is 12.2. The molecule has 1 fully saturated rings. The topological polar surface area (TPSA) is 78.5 Å². The molecule has 1 atom stereocenters. The van der Waals surface area contributed by atoms with Crippen molar-refractivity contribution in [1.29, 1.82) is 0 Å². The third-order valence-electron chi connectivity index (χ3n) is 4.02. The normalized spacial score (nSPS) is 17.2. The highest BCUT2D eigenvalue weighted by atomic mass is 16.2. The van der Waals surface area contributed by atoms with E-state index in [-0.39, 0.29) is 36.7 Å². The second-order valence-corrected chi connectivity index (χ2v) is 6.37.